The van der Waals surface area contributed by atoms with Crippen LogP contribution in [0.3, 0.4) is 0 Å². The van der Waals surface area contributed by atoms with Crippen molar-refractivity contribution in [2.75, 3.05) is 11.9 Å². The quantitative estimate of drug-likeness (QED) is 0.818. The van der Waals surface area contributed by atoms with E-state index < -0.39 is 11.6 Å². The number of hydrogen-bond acceptors (Lipinski definition) is 3. The van der Waals surface area contributed by atoms with Crippen molar-refractivity contribution in [3.63, 3.8) is 0 Å². The number of nitrogens with one attached hydrogen (secondary N) is 2. The summed E-state index contributed by atoms with van der Waals surface area (Å²) >= 11 is 0. The van der Waals surface area contributed by atoms with E-state index in [0.29, 0.717) is 6.42 Å². The summed E-state index contributed by atoms with van der Waals surface area (Å²) in [5, 5.41) is 5.47. The number of anilines is 1. The first-order chi connectivity index (χ1) is 10.7. The van der Waals surface area contributed by atoms with Gasteiger partial charge in [-0.3, -0.25) is 14.5 Å². The van der Waals surface area contributed by atoms with Crippen molar-refractivity contribution in [3.05, 3.63) is 29.3 Å². The Labute approximate surface area is 136 Å². The van der Waals surface area contributed by atoms with Gasteiger partial charge in [-0.25, -0.2) is 4.79 Å². The first-order valence-corrected chi connectivity index (χ1v) is 7.71. The van der Waals surface area contributed by atoms with Crippen molar-refractivity contribution >= 4 is 23.5 Å². The number of rotatable bonds is 5. The zero-order valence-electron chi connectivity index (χ0n) is 14.0. The molecule has 0 saturated carbocycles. The number of imide groups is 1. The van der Waals surface area contributed by atoms with Crippen LogP contribution < -0.4 is 10.6 Å². The van der Waals surface area contributed by atoms with Gasteiger partial charge in [0.25, 0.3) is 5.91 Å². The molecule has 1 aromatic carbocycles. The Bertz CT molecular complexity index is 632. The van der Waals surface area contributed by atoms with Gasteiger partial charge >= 0.3 is 6.03 Å². The Morgan fingerprint density at radius 1 is 1.17 bits per heavy atom. The third-order valence-electron chi connectivity index (χ3n) is 3.74. The van der Waals surface area contributed by atoms with Gasteiger partial charge in [0.2, 0.25) is 5.91 Å². The summed E-state index contributed by atoms with van der Waals surface area (Å²) in [5.74, 6) is -0.376. The molecule has 2 N–H and O–H groups in total. The molecule has 23 heavy (non-hydrogen) atoms. The van der Waals surface area contributed by atoms with E-state index in [9.17, 15) is 14.4 Å². The summed E-state index contributed by atoms with van der Waals surface area (Å²) in [6, 6.07) is 5.46. The van der Waals surface area contributed by atoms with Gasteiger partial charge in [0.15, 0.2) is 0 Å². The van der Waals surface area contributed by atoms with Crippen LogP contribution in [0, 0.1) is 13.8 Å². The summed E-state index contributed by atoms with van der Waals surface area (Å²) in [4.78, 5) is 36.9. The monoisotopic (exact) mass is 317 g/mol. The zero-order chi connectivity index (χ0) is 17.2. The van der Waals surface area contributed by atoms with Crippen LogP contribution in [0.25, 0.3) is 0 Å². The minimum atomic E-state index is -0.863. The third kappa shape index (κ3) is 4.09. The van der Waals surface area contributed by atoms with Crippen LogP contribution in [-0.4, -0.2) is 34.8 Å². The molecule has 1 aliphatic rings. The molecule has 6 nitrogen and oxygen atoms in total. The molecule has 1 saturated heterocycles. The Morgan fingerprint density at radius 3 is 2.30 bits per heavy atom. The van der Waals surface area contributed by atoms with E-state index in [1.807, 2.05) is 32.0 Å². The van der Waals surface area contributed by atoms with Crippen molar-refractivity contribution in [2.24, 2.45) is 0 Å². The van der Waals surface area contributed by atoms with Crippen molar-refractivity contribution < 1.29 is 14.4 Å². The lowest BCUT2D eigenvalue weighted by molar-refractivity contribution is -0.130. The molecular formula is C17H23N3O3. The van der Waals surface area contributed by atoms with E-state index in [-0.39, 0.29) is 24.8 Å². The summed E-state index contributed by atoms with van der Waals surface area (Å²) < 4.78 is 0. The van der Waals surface area contributed by atoms with E-state index in [2.05, 4.69) is 10.6 Å². The number of amides is 4. The normalized spacial score (nSPS) is 16.4. The van der Waals surface area contributed by atoms with E-state index in [1.165, 1.54) is 4.90 Å². The lowest BCUT2D eigenvalue weighted by atomic mass is 10.1. The molecule has 0 atom stereocenters. The van der Waals surface area contributed by atoms with Gasteiger partial charge in [-0.2, -0.15) is 0 Å². The Morgan fingerprint density at radius 2 is 1.78 bits per heavy atom. The average molecular weight is 317 g/mol. The molecule has 0 radical (unpaired) electrons. The molecular weight excluding hydrogens is 294 g/mol. The first-order valence-electron chi connectivity index (χ1n) is 7.71. The first kappa shape index (κ1) is 17.0. The van der Waals surface area contributed by atoms with Crippen LogP contribution in [0.5, 0.6) is 0 Å². The fraction of sp³-hybridized carbons (Fsp3) is 0.471. The van der Waals surface area contributed by atoms with Crippen LogP contribution in [0.2, 0.25) is 0 Å². The molecule has 1 heterocycles. The number of aryl methyl sites for hydroxylation is 2. The Kier molecular flexibility index (Phi) is 4.73. The summed E-state index contributed by atoms with van der Waals surface area (Å²) in [6.07, 6.45) is 0.691. The van der Waals surface area contributed by atoms with Crippen LogP contribution in [0.1, 0.15) is 37.8 Å². The van der Waals surface area contributed by atoms with E-state index in [0.717, 1.165) is 16.8 Å². The highest BCUT2D eigenvalue weighted by Gasteiger charge is 2.43. The molecule has 1 fully saturated rings. The van der Waals surface area contributed by atoms with Crippen LogP contribution in [0.4, 0.5) is 10.5 Å². The van der Waals surface area contributed by atoms with Gasteiger partial charge in [0.1, 0.15) is 5.54 Å². The van der Waals surface area contributed by atoms with E-state index in [1.54, 1.807) is 13.8 Å². The number of carbonyl (C=O) groups excluding carboxylic acids is 3. The molecule has 0 aliphatic carbocycles. The fourth-order valence-corrected chi connectivity index (χ4v) is 2.69. The molecule has 2 rings (SSSR count). The van der Waals surface area contributed by atoms with E-state index in [4.69, 9.17) is 0 Å². The second-order valence-corrected chi connectivity index (χ2v) is 6.54. The SMILES string of the molecule is Cc1cc(C)cc(NC(=O)CCCN2C(=O)NC(C)(C)C2=O)c1. The third-order valence-corrected chi connectivity index (χ3v) is 3.74. The zero-order valence-corrected chi connectivity index (χ0v) is 14.0. The van der Waals surface area contributed by atoms with Gasteiger partial charge < -0.3 is 10.6 Å². The van der Waals surface area contributed by atoms with Crippen LogP contribution in [0.15, 0.2) is 18.2 Å². The van der Waals surface area contributed by atoms with Gasteiger partial charge in [-0.15, -0.1) is 0 Å². The van der Waals surface area contributed by atoms with Gasteiger partial charge in [0, 0.05) is 18.7 Å². The van der Waals surface area contributed by atoms with Crippen LogP contribution >= 0.6 is 0 Å². The molecule has 0 spiro atoms. The smallest absolute Gasteiger partial charge is 0.325 e. The highest BCUT2D eigenvalue weighted by Crippen LogP contribution is 2.17. The minimum Gasteiger partial charge on any atom is -0.326 e. The highest BCUT2D eigenvalue weighted by molar-refractivity contribution is 6.06. The number of urea groups is 1. The van der Waals surface area contributed by atoms with Gasteiger partial charge in [0.05, 0.1) is 0 Å². The average Bonchev–Trinajstić information content (AvgIpc) is 2.59. The minimum absolute atomic E-state index is 0.124. The maximum atomic E-state index is 12.0. The number of hydrogen-bond donors (Lipinski definition) is 2. The van der Waals surface area contributed by atoms with Crippen molar-refractivity contribution in [1.82, 2.24) is 10.2 Å². The Hall–Kier alpha value is -2.37. The molecule has 6 heteroatoms. The van der Waals surface area contributed by atoms with Crippen molar-refractivity contribution in [2.45, 2.75) is 46.1 Å². The molecule has 1 aliphatic heterocycles. The highest BCUT2D eigenvalue weighted by atomic mass is 16.2. The lowest BCUT2D eigenvalue weighted by Gasteiger charge is -2.15. The predicted octanol–water partition coefficient (Wildman–Crippen LogP) is 2.35. The van der Waals surface area contributed by atoms with Gasteiger partial charge in [-0.1, -0.05) is 6.07 Å². The molecule has 4 amide bonds. The molecule has 0 unspecified atom stereocenters. The topological polar surface area (TPSA) is 78.5 Å². The largest absolute Gasteiger partial charge is 0.326 e. The summed E-state index contributed by atoms with van der Waals surface area (Å²) in [5.41, 5.74) is 2.07. The van der Waals surface area contributed by atoms with Crippen molar-refractivity contribution in [1.29, 1.82) is 0 Å². The van der Waals surface area contributed by atoms with Crippen molar-refractivity contribution in [3.8, 4) is 0 Å². The second-order valence-electron chi connectivity index (χ2n) is 6.54. The molecule has 1 aromatic rings. The fourth-order valence-electron chi connectivity index (χ4n) is 2.69. The number of carbonyl (C=O) groups is 3. The van der Waals surface area contributed by atoms with Crippen LogP contribution in [-0.2, 0) is 9.59 Å². The van der Waals surface area contributed by atoms with E-state index >= 15 is 0 Å². The molecule has 0 aromatic heterocycles. The summed E-state index contributed by atoms with van der Waals surface area (Å²) in [7, 11) is 0. The summed E-state index contributed by atoms with van der Waals surface area (Å²) in [6.45, 7) is 7.53. The lowest BCUT2D eigenvalue weighted by Crippen LogP contribution is -2.40. The van der Waals surface area contributed by atoms with Gasteiger partial charge in [-0.05, 0) is 57.4 Å². The molecule has 0 bridgehead atoms. The number of benzene rings is 1. The maximum Gasteiger partial charge on any atom is 0.325 e. The molecule has 124 valence electrons. The predicted molar refractivity (Wildman–Crippen MR) is 88.1 cm³/mol. The maximum absolute atomic E-state index is 12.0. The standard InChI is InChI=1S/C17H23N3O3/c1-11-8-12(2)10-13(9-11)18-14(21)6-5-7-20-15(22)17(3,4)19-16(20)23/h8-10H,5-7H2,1-4H3,(H,18,21)(H,19,23). The second kappa shape index (κ2) is 6.40. The number of nitrogens with zero attached hydrogens (tertiary/aromatic N) is 1. The Balaban J connectivity index is 1.83.